The summed E-state index contributed by atoms with van der Waals surface area (Å²) in [5, 5.41) is 10.1. The summed E-state index contributed by atoms with van der Waals surface area (Å²) in [6.45, 7) is 3.61. The number of hydrogen-bond donors (Lipinski definition) is 0. The van der Waals surface area contributed by atoms with Gasteiger partial charge in [0.25, 0.3) is 0 Å². The summed E-state index contributed by atoms with van der Waals surface area (Å²) < 4.78 is 4.85. The van der Waals surface area contributed by atoms with E-state index in [-0.39, 0.29) is 5.88 Å². The Kier molecular flexibility index (Phi) is 2.25. The lowest BCUT2D eigenvalue weighted by Crippen LogP contribution is -1.83. The van der Waals surface area contributed by atoms with Gasteiger partial charge in [0.2, 0.25) is 0 Å². The summed E-state index contributed by atoms with van der Waals surface area (Å²) in [6, 6.07) is 2.95. The maximum Gasteiger partial charge on any atom is 0.433 e. The highest BCUT2D eigenvalue weighted by molar-refractivity contribution is 5.17. The van der Waals surface area contributed by atoms with Crippen molar-refractivity contribution in [2.75, 3.05) is 0 Å². The van der Waals surface area contributed by atoms with Crippen LogP contribution >= 0.6 is 0 Å². The molecule has 59 valence electrons. The fraction of sp³-hybridized carbons (Fsp3) is 0.286. The lowest BCUT2D eigenvalue weighted by molar-refractivity contribution is -0.402. The fourth-order valence-electron chi connectivity index (χ4n) is 0.773. The van der Waals surface area contributed by atoms with Crippen molar-refractivity contribution in [1.29, 1.82) is 0 Å². The van der Waals surface area contributed by atoms with E-state index in [1.165, 1.54) is 6.07 Å². The molecule has 11 heavy (non-hydrogen) atoms. The molecule has 1 aromatic rings. The summed E-state index contributed by atoms with van der Waals surface area (Å²) in [5.41, 5.74) is 0. The van der Waals surface area contributed by atoms with E-state index in [1.54, 1.807) is 6.07 Å². The maximum absolute atomic E-state index is 10.1. The first-order valence-electron chi connectivity index (χ1n) is 3.26. The van der Waals surface area contributed by atoms with Crippen molar-refractivity contribution in [2.24, 2.45) is 0 Å². The minimum atomic E-state index is -0.549. The molecule has 1 heterocycles. The molecule has 0 N–H and O–H groups in total. The first-order valence-corrected chi connectivity index (χ1v) is 3.26. The van der Waals surface area contributed by atoms with Gasteiger partial charge >= 0.3 is 5.88 Å². The predicted molar refractivity (Wildman–Crippen MR) is 39.0 cm³/mol. The molecule has 0 amide bonds. The second-order valence-corrected chi connectivity index (χ2v) is 2.10. The van der Waals surface area contributed by atoms with Crippen LogP contribution in [0.3, 0.4) is 0 Å². The van der Waals surface area contributed by atoms with Crippen molar-refractivity contribution in [1.82, 2.24) is 0 Å². The number of rotatable bonds is 3. The van der Waals surface area contributed by atoms with Crippen molar-refractivity contribution < 1.29 is 9.34 Å². The van der Waals surface area contributed by atoms with Crippen LogP contribution in [0.4, 0.5) is 5.88 Å². The van der Waals surface area contributed by atoms with Crippen LogP contribution in [0, 0.1) is 17.0 Å². The molecule has 0 spiro atoms. The molecule has 1 radical (unpaired) electrons. The Morgan fingerprint density at radius 3 is 2.82 bits per heavy atom. The zero-order valence-electron chi connectivity index (χ0n) is 5.95. The maximum atomic E-state index is 10.1. The summed E-state index contributed by atoms with van der Waals surface area (Å²) in [7, 11) is 0. The minimum absolute atomic E-state index is 0.201. The number of hydrogen-bond acceptors (Lipinski definition) is 3. The van der Waals surface area contributed by atoms with E-state index in [1.807, 2.05) is 0 Å². The minimum Gasteiger partial charge on any atom is -0.406 e. The molecular weight excluding hydrogens is 146 g/mol. The highest BCUT2D eigenvalue weighted by Crippen LogP contribution is 2.16. The van der Waals surface area contributed by atoms with E-state index in [0.29, 0.717) is 18.6 Å². The molecule has 0 bridgehead atoms. The molecule has 0 aliphatic heterocycles. The zero-order chi connectivity index (χ0) is 8.27. The normalized spacial score (nSPS) is 9.91. The molecule has 0 unspecified atom stereocenters. The Morgan fingerprint density at radius 2 is 2.36 bits per heavy atom. The topological polar surface area (TPSA) is 56.3 Å². The molecule has 0 aliphatic rings. The van der Waals surface area contributed by atoms with Gasteiger partial charge in [0.05, 0.1) is 6.07 Å². The van der Waals surface area contributed by atoms with Gasteiger partial charge in [0, 0.05) is 6.42 Å². The van der Waals surface area contributed by atoms with Crippen molar-refractivity contribution in [3.8, 4) is 0 Å². The van der Waals surface area contributed by atoms with Crippen LogP contribution in [0.1, 0.15) is 12.2 Å². The van der Waals surface area contributed by atoms with Gasteiger partial charge in [-0.2, -0.15) is 0 Å². The van der Waals surface area contributed by atoms with Crippen LogP contribution in [-0.4, -0.2) is 4.92 Å². The average molecular weight is 154 g/mol. The SMILES string of the molecule is [CH2]CCc1ccc([N+](=O)[O-])o1. The Hall–Kier alpha value is -1.32. The van der Waals surface area contributed by atoms with Gasteiger partial charge in [0.1, 0.15) is 10.7 Å². The van der Waals surface area contributed by atoms with Gasteiger partial charge in [-0.1, -0.05) is 6.92 Å². The van der Waals surface area contributed by atoms with Gasteiger partial charge in [-0.25, -0.2) is 0 Å². The van der Waals surface area contributed by atoms with Crippen LogP contribution in [0.5, 0.6) is 0 Å². The third-order valence-corrected chi connectivity index (χ3v) is 1.25. The molecule has 0 saturated heterocycles. The Bertz CT molecular complexity index is 254. The lowest BCUT2D eigenvalue weighted by atomic mass is 10.3. The van der Waals surface area contributed by atoms with Crippen LogP contribution in [0.25, 0.3) is 0 Å². The lowest BCUT2D eigenvalue weighted by Gasteiger charge is -1.87. The second kappa shape index (κ2) is 3.18. The number of furan rings is 1. The first-order chi connectivity index (χ1) is 5.24. The van der Waals surface area contributed by atoms with Crippen LogP contribution in [-0.2, 0) is 6.42 Å². The Labute approximate surface area is 64.0 Å². The van der Waals surface area contributed by atoms with Crippen molar-refractivity contribution in [3.63, 3.8) is 0 Å². The Morgan fingerprint density at radius 1 is 1.64 bits per heavy atom. The fourth-order valence-corrected chi connectivity index (χ4v) is 0.773. The van der Waals surface area contributed by atoms with E-state index < -0.39 is 4.92 Å². The van der Waals surface area contributed by atoms with E-state index in [2.05, 4.69) is 6.92 Å². The zero-order valence-corrected chi connectivity index (χ0v) is 5.95. The Balaban J connectivity index is 2.73. The molecule has 0 aliphatic carbocycles. The monoisotopic (exact) mass is 154 g/mol. The molecule has 4 nitrogen and oxygen atoms in total. The standard InChI is InChI=1S/C7H8NO3/c1-2-3-6-4-5-7(11-6)8(9)10/h4-5H,1-3H2. The average Bonchev–Trinajstić information content (AvgIpc) is 2.37. The quantitative estimate of drug-likeness (QED) is 0.493. The smallest absolute Gasteiger partial charge is 0.406 e. The molecule has 1 rings (SSSR count). The van der Waals surface area contributed by atoms with E-state index >= 15 is 0 Å². The van der Waals surface area contributed by atoms with E-state index in [4.69, 9.17) is 4.42 Å². The van der Waals surface area contributed by atoms with E-state index in [0.717, 1.165) is 0 Å². The summed E-state index contributed by atoms with van der Waals surface area (Å²) in [5.74, 6) is 0.417. The van der Waals surface area contributed by atoms with Crippen molar-refractivity contribution >= 4 is 5.88 Å². The highest BCUT2D eigenvalue weighted by atomic mass is 16.6. The molecule has 0 fully saturated rings. The number of aryl methyl sites for hydroxylation is 1. The summed E-state index contributed by atoms with van der Waals surface area (Å²) in [4.78, 5) is 9.57. The predicted octanol–water partition coefficient (Wildman–Crippen LogP) is 1.95. The van der Waals surface area contributed by atoms with Crippen LogP contribution in [0.2, 0.25) is 0 Å². The number of nitro groups is 1. The molecule has 0 saturated carbocycles. The van der Waals surface area contributed by atoms with Crippen LogP contribution < -0.4 is 0 Å². The summed E-state index contributed by atoms with van der Waals surface area (Å²) >= 11 is 0. The molecule has 0 atom stereocenters. The van der Waals surface area contributed by atoms with Gasteiger partial charge in [-0.05, 0) is 12.5 Å². The third kappa shape index (κ3) is 1.80. The van der Waals surface area contributed by atoms with Gasteiger partial charge in [-0.15, -0.1) is 0 Å². The van der Waals surface area contributed by atoms with Gasteiger partial charge in [-0.3, -0.25) is 10.1 Å². The van der Waals surface area contributed by atoms with Crippen molar-refractivity contribution in [2.45, 2.75) is 12.8 Å². The molecule has 1 aromatic heterocycles. The van der Waals surface area contributed by atoms with Crippen LogP contribution in [0.15, 0.2) is 16.5 Å². The molecule has 4 heteroatoms. The third-order valence-electron chi connectivity index (χ3n) is 1.25. The molecule has 0 aromatic carbocycles. The van der Waals surface area contributed by atoms with Gasteiger partial charge in [0.15, 0.2) is 0 Å². The number of nitrogens with zero attached hydrogens (tertiary/aromatic N) is 1. The first kappa shape index (κ1) is 7.78. The van der Waals surface area contributed by atoms with Crippen molar-refractivity contribution in [3.05, 3.63) is 34.9 Å². The van der Waals surface area contributed by atoms with Gasteiger partial charge < -0.3 is 4.42 Å². The second-order valence-electron chi connectivity index (χ2n) is 2.10. The van der Waals surface area contributed by atoms with E-state index in [9.17, 15) is 10.1 Å². The highest BCUT2D eigenvalue weighted by Gasteiger charge is 2.10. The summed E-state index contributed by atoms with van der Waals surface area (Å²) in [6.07, 6.45) is 1.33. The largest absolute Gasteiger partial charge is 0.433 e. The molecular formula is C7H8NO3.